The summed E-state index contributed by atoms with van der Waals surface area (Å²) < 4.78 is 25.8. The predicted octanol–water partition coefficient (Wildman–Crippen LogP) is 3.56. The van der Waals surface area contributed by atoms with E-state index in [2.05, 4.69) is 4.98 Å². The highest BCUT2D eigenvalue weighted by atomic mass is 19.3. The predicted molar refractivity (Wildman–Crippen MR) is 63.8 cm³/mol. The molecule has 0 aliphatic heterocycles. The van der Waals surface area contributed by atoms with Gasteiger partial charge >= 0.3 is 0 Å². The number of halogens is 2. The van der Waals surface area contributed by atoms with E-state index in [0.29, 0.717) is 5.56 Å². The second kappa shape index (κ2) is 5.04. The minimum Gasteiger partial charge on any atom is -0.287 e. The van der Waals surface area contributed by atoms with Crippen LogP contribution in [0.2, 0.25) is 0 Å². The summed E-state index contributed by atoms with van der Waals surface area (Å²) >= 11 is 0. The quantitative estimate of drug-likeness (QED) is 0.776. The summed E-state index contributed by atoms with van der Waals surface area (Å²) in [5.41, 5.74) is 0.631. The van der Waals surface area contributed by atoms with Crippen molar-refractivity contribution in [3.8, 4) is 0 Å². The molecule has 2 nitrogen and oxygen atoms in total. The second-order valence-electron chi connectivity index (χ2n) is 3.94. The van der Waals surface area contributed by atoms with Crippen molar-refractivity contribution in [3.63, 3.8) is 0 Å². The molecule has 92 valence electrons. The van der Waals surface area contributed by atoms with Crippen LogP contribution in [-0.2, 0) is 0 Å². The summed E-state index contributed by atoms with van der Waals surface area (Å²) in [5, 5.41) is 0. The number of alkyl halides is 2. The maximum absolute atomic E-state index is 12.9. The SMILES string of the molecule is Cc1ccc(C(=O)c2ccccn2)c(C(F)F)c1. The van der Waals surface area contributed by atoms with E-state index in [-0.39, 0.29) is 16.8 Å². The van der Waals surface area contributed by atoms with E-state index >= 15 is 0 Å². The summed E-state index contributed by atoms with van der Waals surface area (Å²) in [4.78, 5) is 16.0. The van der Waals surface area contributed by atoms with Crippen LogP contribution >= 0.6 is 0 Å². The van der Waals surface area contributed by atoms with Crippen molar-refractivity contribution in [2.45, 2.75) is 13.3 Å². The molecule has 0 bridgehead atoms. The monoisotopic (exact) mass is 247 g/mol. The van der Waals surface area contributed by atoms with E-state index < -0.39 is 12.2 Å². The lowest BCUT2D eigenvalue weighted by atomic mass is 9.99. The average molecular weight is 247 g/mol. The number of carbonyl (C=O) groups excluding carboxylic acids is 1. The minimum absolute atomic E-state index is 0.00861. The number of benzene rings is 1. The van der Waals surface area contributed by atoms with Gasteiger partial charge in [-0.3, -0.25) is 9.78 Å². The molecule has 0 atom stereocenters. The smallest absolute Gasteiger partial charge is 0.264 e. The highest BCUT2D eigenvalue weighted by Gasteiger charge is 2.20. The van der Waals surface area contributed by atoms with Gasteiger partial charge in [0.05, 0.1) is 0 Å². The molecule has 0 radical (unpaired) electrons. The molecule has 0 aliphatic carbocycles. The van der Waals surface area contributed by atoms with E-state index in [1.807, 2.05) is 0 Å². The molecule has 0 saturated carbocycles. The van der Waals surface area contributed by atoms with Gasteiger partial charge in [0, 0.05) is 17.3 Å². The third kappa shape index (κ3) is 2.42. The summed E-state index contributed by atoms with van der Waals surface area (Å²) in [6, 6.07) is 9.23. The summed E-state index contributed by atoms with van der Waals surface area (Å²) in [6.45, 7) is 1.71. The zero-order valence-corrected chi connectivity index (χ0v) is 9.73. The van der Waals surface area contributed by atoms with Gasteiger partial charge in [0.1, 0.15) is 5.69 Å². The average Bonchev–Trinajstić information content (AvgIpc) is 2.39. The van der Waals surface area contributed by atoms with Gasteiger partial charge in [-0.2, -0.15) is 0 Å². The van der Waals surface area contributed by atoms with Crippen LogP contribution in [0.15, 0.2) is 42.6 Å². The van der Waals surface area contributed by atoms with Crippen LogP contribution in [0.4, 0.5) is 8.78 Å². The molecular weight excluding hydrogens is 236 g/mol. The Morgan fingerprint density at radius 3 is 2.61 bits per heavy atom. The van der Waals surface area contributed by atoms with E-state index in [1.165, 1.54) is 24.4 Å². The fraction of sp³-hybridized carbons (Fsp3) is 0.143. The number of nitrogens with zero attached hydrogens (tertiary/aromatic N) is 1. The zero-order valence-electron chi connectivity index (χ0n) is 9.73. The largest absolute Gasteiger partial charge is 0.287 e. The van der Waals surface area contributed by atoms with E-state index in [0.717, 1.165) is 0 Å². The molecule has 4 heteroatoms. The standard InChI is InChI=1S/C14H11F2NO/c1-9-5-6-10(11(8-9)14(15)16)13(18)12-4-2-3-7-17-12/h2-8,14H,1H3. The molecule has 0 spiro atoms. The van der Waals surface area contributed by atoms with Crippen molar-refractivity contribution in [2.75, 3.05) is 0 Å². The van der Waals surface area contributed by atoms with Gasteiger partial charge in [0.2, 0.25) is 5.78 Å². The number of rotatable bonds is 3. The molecule has 0 unspecified atom stereocenters. The lowest BCUT2D eigenvalue weighted by Crippen LogP contribution is -2.07. The van der Waals surface area contributed by atoms with Crippen molar-refractivity contribution >= 4 is 5.78 Å². The Hall–Kier alpha value is -2.10. The molecule has 1 aromatic carbocycles. The van der Waals surface area contributed by atoms with Crippen molar-refractivity contribution in [1.82, 2.24) is 4.98 Å². The van der Waals surface area contributed by atoms with Crippen molar-refractivity contribution in [3.05, 3.63) is 65.0 Å². The fourth-order valence-corrected chi connectivity index (χ4v) is 1.70. The van der Waals surface area contributed by atoms with Crippen molar-refractivity contribution in [2.24, 2.45) is 0 Å². The summed E-state index contributed by atoms with van der Waals surface area (Å²) in [7, 11) is 0. The summed E-state index contributed by atoms with van der Waals surface area (Å²) in [6.07, 6.45) is -1.21. The molecule has 0 fully saturated rings. The molecule has 0 aliphatic rings. The van der Waals surface area contributed by atoms with Gasteiger partial charge in [-0.15, -0.1) is 0 Å². The fourth-order valence-electron chi connectivity index (χ4n) is 1.70. The van der Waals surface area contributed by atoms with E-state index in [4.69, 9.17) is 0 Å². The van der Waals surface area contributed by atoms with Crippen LogP contribution in [0.1, 0.15) is 33.6 Å². The van der Waals surface area contributed by atoms with Gasteiger partial charge in [-0.1, -0.05) is 23.8 Å². The Labute approximate surface area is 103 Å². The Kier molecular flexibility index (Phi) is 3.46. The third-order valence-corrected chi connectivity index (χ3v) is 2.58. The Balaban J connectivity index is 2.48. The molecule has 1 aromatic heterocycles. The maximum atomic E-state index is 12.9. The Morgan fingerprint density at radius 1 is 1.22 bits per heavy atom. The molecule has 0 amide bonds. The number of pyridine rings is 1. The number of ketones is 1. The number of hydrogen-bond acceptors (Lipinski definition) is 2. The van der Waals surface area contributed by atoms with Crippen molar-refractivity contribution < 1.29 is 13.6 Å². The molecule has 0 N–H and O–H groups in total. The van der Waals surface area contributed by atoms with Gasteiger partial charge in [-0.05, 0) is 25.1 Å². The lowest BCUT2D eigenvalue weighted by Gasteiger charge is -2.08. The highest BCUT2D eigenvalue weighted by Crippen LogP contribution is 2.25. The first-order valence-corrected chi connectivity index (χ1v) is 5.44. The van der Waals surface area contributed by atoms with Crippen LogP contribution < -0.4 is 0 Å². The second-order valence-corrected chi connectivity index (χ2v) is 3.94. The number of aryl methyl sites for hydroxylation is 1. The van der Waals surface area contributed by atoms with Gasteiger partial charge in [0.25, 0.3) is 6.43 Å². The molecule has 1 heterocycles. The minimum atomic E-state index is -2.67. The van der Waals surface area contributed by atoms with Crippen LogP contribution in [0, 0.1) is 6.92 Å². The topological polar surface area (TPSA) is 30.0 Å². The van der Waals surface area contributed by atoms with E-state index in [9.17, 15) is 13.6 Å². The molecule has 2 aromatic rings. The lowest BCUT2D eigenvalue weighted by molar-refractivity contribution is 0.102. The van der Waals surface area contributed by atoms with E-state index in [1.54, 1.807) is 25.1 Å². The Morgan fingerprint density at radius 2 is 2.00 bits per heavy atom. The molecule has 2 rings (SSSR count). The number of aromatic nitrogens is 1. The van der Waals surface area contributed by atoms with Crippen LogP contribution in [0.25, 0.3) is 0 Å². The van der Waals surface area contributed by atoms with Gasteiger partial charge < -0.3 is 0 Å². The highest BCUT2D eigenvalue weighted by molar-refractivity contribution is 6.08. The zero-order chi connectivity index (χ0) is 13.1. The molecule has 18 heavy (non-hydrogen) atoms. The summed E-state index contributed by atoms with van der Waals surface area (Å²) in [5.74, 6) is -0.481. The Bertz CT molecular complexity index is 567. The van der Waals surface area contributed by atoms with Crippen LogP contribution in [-0.4, -0.2) is 10.8 Å². The van der Waals surface area contributed by atoms with Gasteiger partial charge in [0.15, 0.2) is 0 Å². The number of carbonyl (C=O) groups is 1. The van der Waals surface area contributed by atoms with Gasteiger partial charge in [-0.25, -0.2) is 8.78 Å². The number of hydrogen-bond donors (Lipinski definition) is 0. The molecule has 0 saturated heterocycles. The first-order chi connectivity index (χ1) is 8.59. The third-order valence-electron chi connectivity index (χ3n) is 2.58. The van der Waals surface area contributed by atoms with Crippen LogP contribution in [0.3, 0.4) is 0 Å². The first kappa shape index (κ1) is 12.4. The normalized spacial score (nSPS) is 10.7. The molecular formula is C14H11F2NO. The van der Waals surface area contributed by atoms with Crippen molar-refractivity contribution in [1.29, 1.82) is 0 Å². The van der Waals surface area contributed by atoms with Crippen LogP contribution in [0.5, 0.6) is 0 Å². The first-order valence-electron chi connectivity index (χ1n) is 5.44. The maximum Gasteiger partial charge on any atom is 0.264 e.